The largest absolute Gasteiger partial charge is 0.451 e. The summed E-state index contributed by atoms with van der Waals surface area (Å²) in [5.41, 5.74) is 0.982. The van der Waals surface area contributed by atoms with Crippen LogP contribution in [0.2, 0.25) is 0 Å². The van der Waals surface area contributed by atoms with Crippen LogP contribution in [0.5, 0.6) is 0 Å². The van der Waals surface area contributed by atoms with Gasteiger partial charge >= 0.3 is 12.0 Å². The third-order valence-corrected chi connectivity index (χ3v) is 4.70. The third-order valence-electron chi connectivity index (χ3n) is 3.76. The van der Waals surface area contributed by atoms with Gasteiger partial charge in [0.25, 0.3) is 5.91 Å². The maximum atomic E-state index is 12.0. The molecule has 2 N–H and O–H groups in total. The molecule has 0 aliphatic rings. The second kappa shape index (κ2) is 10.1. The number of amides is 3. The summed E-state index contributed by atoms with van der Waals surface area (Å²) >= 11 is 1.59. The van der Waals surface area contributed by atoms with Crippen LogP contribution >= 0.6 is 11.3 Å². The summed E-state index contributed by atoms with van der Waals surface area (Å²) in [7, 11) is 0. The molecule has 0 aliphatic heterocycles. The first-order valence-electron chi connectivity index (χ1n) is 8.81. The first-order valence-corrected chi connectivity index (χ1v) is 9.69. The van der Waals surface area contributed by atoms with E-state index in [0.717, 1.165) is 10.4 Å². The van der Waals surface area contributed by atoms with Crippen molar-refractivity contribution in [1.29, 1.82) is 0 Å². The molecule has 3 aromatic rings. The highest BCUT2D eigenvalue weighted by atomic mass is 32.1. The number of rotatable bonds is 8. The fourth-order valence-corrected chi connectivity index (χ4v) is 3.11. The van der Waals surface area contributed by atoms with Crippen molar-refractivity contribution in [1.82, 2.24) is 25.6 Å². The first kappa shape index (κ1) is 20.2. The molecule has 150 valence electrons. The Labute approximate surface area is 170 Å². The van der Waals surface area contributed by atoms with Gasteiger partial charge in [0.1, 0.15) is 0 Å². The summed E-state index contributed by atoms with van der Waals surface area (Å²) in [6.45, 7) is 0.250. The molecule has 2 heterocycles. The third kappa shape index (κ3) is 6.54. The minimum atomic E-state index is -0.794. The normalized spacial score (nSPS) is 10.3. The Balaban J connectivity index is 1.37. The SMILES string of the molecule is O=C(COC(=O)c1cn(Cc2ccccc2)nn1)NC(=O)NCCc1cccs1. The minimum Gasteiger partial charge on any atom is -0.451 e. The van der Waals surface area contributed by atoms with E-state index in [1.165, 1.54) is 10.9 Å². The van der Waals surface area contributed by atoms with Gasteiger partial charge in [-0.05, 0) is 23.4 Å². The molecule has 0 radical (unpaired) electrons. The number of hydrogen-bond acceptors (Lipinski definition) is 7. The predicted octanol–water partition coefficient (Wildman–Crippen LogP) is 1.61. The van der Waals surface area contributed by atoms with Gasteiger partial charge in [0.2, 0.25) is 0 Å². The first-order chi connectivity index (χ1) is 14.1. The topological polar surface area (TPSA) is 115 Å². The number of thiophene rings is 1. The zero-order chi connectivity index (χ0) is 20.5. The highest BCUT2D eigenvalue weighted by Crippen LogP contribution is 2.08. The molecule has 3 rings (SSSR count). The molecule has 0 aliphatic carbocycles. The summed E-state index contributed by atoms with van der Waals surface area (Å²) in [6.07, 6.45) is 2.11. The van der Waals surface area contributed by atoms with Crippen LogP contribution in [-0.2, 0) is 22.5 Å². The van der Waals surface area contributed by atoms with Gasteiger partial charge in [-0.2, -0.15) is 0 Å². The van der Waals surface area contributed by atoms with Crippen molar-refractivity contribution in [3.63, 3.8) is 0 Å². The average Bonchev–Trinajstić information content (AvgIpc) is 3.39. The number of urea groups is 1. The number of imide groups is 1. The van der Waals surface area contributed by atoms with Crippen LogP contribution in [0.25, 0.3) is 0 Å². The van der Waals surface area contributed by atoms with Gasteiger partial charge in [0.05, 0.1) is 12.7 Å². The molecule has 0 spiro atoms. The predicted molar refractivity (Wildman–Crippen MR) is 105 cm³/mol. The average molecular weight is 413 g/mol. The van der Waals surface area contributed by atoms with E-state index in [4.69, 9.17) is 4.74 Å². The molecule has 0 saturated carbocycles. The highest BCUT2D eigenvalue weighted by Gasteiger charge is 2.15. The Morgan fingerprint density at radius 2 is 1.93 bits per heavy atom. The molecule has 0 bridgehead atoms. The second-order valence-electron chi connectivity index (χ2n) is 6.00. The molecule has 1 aromatic carbocycles. The lowest BCUT2D eigenvalue weighted by Gasteiger charge is -2.06. The fourth-order valence-electron chi connectivity index (χ4n) is 2.41. The van der Waals surface area contributed by atoms with Crippen LogP contribution in [0.15, 0.2) is 54.0 Å². The molecular weight excluding hydrogens is 394 g/mol. The Morgan fingerprint density at radius 3 is 2.69 bits per heavy atom. The molecule has 0 atom stereocenters. The number of ether oxygens (including phenoxy) is 1. The van der Waals surface area contributed by atoms with E-state index >= 15 is 0 Å². The van der Waals surface area contributed by atoms with Crippen LogP contribution in [0.1, 0.15) is 20.9 Å². The smallest absolute Gasteiger partial charge is 0.361 e. The van der Waals surface area contributed by atoms with Gasteiger partial charge in [0, 0.05) is 11.4 Å². The van der Waals surface area contributed by atoms with E-state index in [9.17, 15) is 14.4 Å². The summed E-state index contributed by atoms with van der Waals surface area (Å²) in [5, 5.41) is 14.2. The lowest BCUT2D eigenvalue weighted by atomic mass is 10.2. The highest BCUT2D eigenvalue weighted by molar-refractivity contribution is 7.09. The Bertz CT molecular complexity index is 956. The Morgan fingerprint density at radius 1 is 1.10 bits per heavy atom. The van der Waals surface area contributed by atoms with Crippen LogP contribution in [0.4, 0.5) is 4.79 Å². The number of nitrogens with zero attached hydrogens (tertiary/aromatic N) is 3. The second-order valence-corrected chi connectivity index (χ2v) is 7.03. The van der Waals surface area contributed by atoms with Crippen LogP contribution in [0, 0.1) is 0 Å². The van der Waals surface area contributed by atoms with Crippen LogP contribution < -0.4 is 10.6 Å². The van der Waals surface area contributed by atoms with E-state index < -0.39 is 24.5 Å². The van der Waals surface area contributed by atoms with E-state index in [2.05, 4.69) is 20.9 Å². The Hall–Kier alpha value is -3.53. The monoisotopic (exact) mass is 413 g/mol. The van der Waals surface area contributed by atoms with Crippen molar-refractivity contribution in [2.45, 2.75) is 13.0 Å². The summed E-state index contributed by atoms with van der Waals surface area (Å²) in [6, 6.07) is 12.8. The Kier molecular flexibility index (Phi) is 7.06. The number of esters is 1. The van der Waals surface area contributed by atoms with E-state index in [1.54, 1.807) is 11.3 Å². The molecular formula is C19H19N5O4S. The van der Waals surface area contributed by atoms with Crippen molar-refractivity contribution in [3.8, 4) is 0 Å². The summed E-state index contributed by atoms with van der Waals surface area (Å²) in [4.78, 5) is 36.5. The summed E-state index contributed by atoms with van der Waals surface area (Å²) < 4.78 is 6.37. The lowest BCUT2D eigenvalue weighted by molar-refractivity contribution is -0.123. The maximum Gasteiger partial charge on any atom is 0.361 e. The maximum absolute atomic E-state index is 12.0. The molecule has 0 unspecified atom stereocenters. The molecule has 10 heteroatoms. The van der Waals surface area contributed by atoms with Gasteiger partial charge in [0.15, 0.2) is 12.3 Å². The molecule has 0 saturated heterocycles. The van der Waals surface area contributed by atoms with Crippen molar-refractivity contribution in [3.05, 3.63) is 70.2 Å². The zero-order valence-corrected chi connectivity index (χ0v) is 16.2. The van der Waals surface area contributed by atoms with Gasteiger partial charge < -0.3 is 10.1 Å². The number of carbonyl (C=O) groups is 3. The van der Waals surface area contributed by atoms with Crippen LogP contribution in [-0.4, -0.2) is 46.1 Å². The molecule has 2 aromatic heterocycles. The minimum absolute atomic E-state index is 0.0193. The molecule has 3 amide bonds. The van der Waals surface area contributed by atoms with E-state index in [1.807, 2.05) is 47.8 Å². The number of benzene rings is 1. The molecule has 0 fully saturated rings. The zero-order valence-electron chi connectivity index (χ0n) is 15.4. The van der Waals surface area contributed by atoms with Gasteiger partial charge in [-0.15, -0.1) is 16.4 Å². The van der Waals surface area contributed by atoms with Crippen molar-refractivity contribution < 1.29 is 19.1 Å². The molecule has 9 nitrogen and oxygen atoms in total. The van der Waals surface area contributed by atoms with Gasteiger partial charge in [-0.1, -0.05) is 41.6 Å². The molecule has 29 heavy (non-hydrogen) atoms. The number of nitrogens with one attached hydrogen (secondary N) is 2. The van der Waals surface area contributed by atoms with E-state index in [-0.39, 0.29) is 5.69 Å². The fraction of sp³-hybridized carbons (Fsp3) is 0.211. The number of carbonyl (C=O) groups excluding carboxylic acids is 3. The van der Waals surface area contributed by atoms with Crippen LogP contribution in [0.3, 0.4) is 0 Å². The van der Waals surface area contributed by atoms with Crippen molar-refractivity contribution >= 4 is 29.2 Å². The standard InChI is InChI=1S/C19H19N5O4S/c25-17(21-19(27)20-9-8-15-7-4-10-29-15)13-28-18(26)16-12-24(23-22-16)11-14-5-2-1-3-6-14/h1-7,10,12H,8-9,11,13H2,(H2,20,21,25,27). The van der Waals surface area contributed by atoms with Crippen molar-refractivity contribution in [2.24, 2.45) is 0 Å². The number of aromatic nitrogens is 3. The van der Waals surface area contributed by atoms with Crippen molar-refractivity contribution in [2.75, 3.05) is 13.2 Å². The van der Waals surface area contributed by atoms with E-state index in [0.29, 0.717) is 19.5 Å². The lowest BCUT2D eigenvalue weighted by Crippen LogP contribution is -2.42. The summed E-state index contributed by atoms with van der Waals surface area (Å²) in [5.74, 6) is -1.53. The van der Waals surface area contributed by atoms with Gasteiger partial charge in [-0.25, -0.2) is 14.3 Å². The quantitative estimate of drug-likeness (QED) is 0.542. The number of hydrogen-bond donors (Lipinski definition) is 2. The van der Waals surface area contributed by atoms with Gasteiger partial charge in [-0.3, -0.25) is 10.1 Å².